The Morgan fingerprint density at radius 1 is 1.64 bits per heavy atom. The lowest BCUT2D eigenvalue weighted by atomic mass is 10.6. The van der Waals surface area contributed by atoms with E-state index in [2.05, 4.69) is 31.0 Å². The number of rotatable bonds is 6. The molecule has 0 aliphatic carbocycles. The van der Waals surface area contributed by atoms with Gasteiger partial charge in [-0.3, -0.25) is 0 Å². The maximum atomic E-state index is 11.6. The average molecular weight is 287 g/mol. The van der Waals surface area contributed by atoms with Crippen LogP contribution in [-0.2, 0) is 4.74 Å². The third-order valence-electron chi connectivity index (χ3n) is 1.24. The molecule has 14 heavy (non-hydrogen) atoms. The molecular weight excluding hydrogens is 278 g/mol. The van der Waals surface area contributed by atoms with Crippen molar-refractivity contribution in [3.05, 3.63) is 9.98 Å². The largest absolute Gasteiger partial charge is 0.374 e. The summed E-state index contributed by atoms with van der Waals surface area (Å²) in [5, 5.41) is 5.53. The molecule has 1 N–H and O–H groups in total. The van der Waals surface area contributed by atoms with E-state index in [1.54, 1.807) is 0 Å². The van der Waals surface area contributed by atoms with Crippen molar-refractivity contribution in [2.24, 2.45) is 0 Å². The molecule has 0 aliphatic heterocycles. The highest BCUT2D eigenvalue weighted by atomic mass is 79.9. The van der Waals surface area contributed by atoms with Crippen molar-refractivity contribution in [2.45, 2.75) is 6.43 Å². The number of hydrogen-bond acceptors (Lipinski definition) is 4. The third-order valence-corrected chi connectivity index (χ3v) is 2.75. The first-order chi connectivity index (χ1) is 6.68. The summed E-state index contributed by atoms with van der Waals surface area (Å²) in [6, 6.07) is 0. The highest BCUT2D eigenvalue weighted by Crippen LogP contribution is 2.18. The van der Waals surface area contributed by atoms with Crippen molar-refractivity contribution in [3.8, 4) is 0 Å². The molecule has 80 valence electrons. The summed E-state index contributed by atoms with van der Waals surface area (Å²) in [7, 11) is 0. The van der Waals surface area contributed by atoms with Crippen LogP contribution in [0.2, 0.25) is 0 Å². The van der Waals surface area contributed by atoms with Gasteiger partial charge < -0.3 is 10.1 Å². The van der Waals surface area contributed by atoms with Crippen molar-refractivity contribution in [1.82, 2.24) is 4.98 Å². The van der Waals surface area contributed by atoms with Crippen LogP contribution in [0.4, 0.5) is 13.9 Å². The van der Waals surface area contributed by atoms with E-state index >= 15 is 0 Å². The Morgan fingerprint density at radius 2 is 2.43 bits per heavy atom. The Bertz CT molecular complexity index is 272. The number of ether oxygens (including phenoxy) is 1. The van der Waals surface area contributed by atoms with Crippen LogP contribution in [0.5, 0.6) is 0 Å². The van der Waals surface area contributed by atoms with Gasteiger partial charge in [0.05, 0.1) is 6.61 Å². The molecule has 0 fully saturated rings. The van der Waals surface area contributed by atoms with Crippen LogP contribution in [0.3, 0.4) is 0 Å². The van der Waals surface area contributed by atoms with Crippen molar-refractivity contribution in [3.63, 3.8) is 0 Å². The number of nitrogens with one attached hydrogen (secondary N) is 1. The van der Waals surface area contributed by atoms with Gasteiger partial charge in [-0.1, -0.05) is 0 Å². The second-order valence-electron chi connectivity index (χ2n) is 2.37. The molecule has 0 bridgehead atoms. The summed E-state index contributed by atoms with van der Waals surface area (Å²) in [5.41, 5.74) is 0. The number of anilines is 1. The number of aromatic nitrogens is 1. The summed E-state index contributed by atoms with van der Waals surface area (Å²) in [5.74, 6) is 0. The molecule has 7 heteroatoms. The smallest absolute Gasteiger partial charge is 0.261 e. The van der Waals surface area contributed by atoms with Gasteiger partial charge in [-0.15, -0.1) is 11.3 Å². The number of halogens is 3. The van der Waals surface area contributed by atoms with Crippen molar-refractivity contribution >= 4 is 32.4 Å². The Balaban J connectivity index is 2.04. The van der Waals surface area contributed by atoms with E-state index in [4.69, 9.17) is 0 Å². The molecule has 1 aromatic rings. The van der Waals surface area contributed by atoms with Crippen molar-refractivity contribution < 1.29 is 13.5 Å². The Labute approximate surface area is 92.6 Å². The van der Waals surface area contributed by atoms with Gasteiger partial charge in [0.25, 0.3) is 6.43 Å². The van der Waals surface area contributed by atoms with Gasteiger partial charge in [0.15, 0.2) is 5.13 Å². The number of alkyl halides is 2. The maximum Gasteiger partial charge on any atom is 0.261 e. The Kier molecular flexibility index (Phi) is 5.28. The van der Waals surface area contributed by atoms with Gasteiger partial charge in [-0.2, -0.15) is 0 Å². The van der Waals surface area contributed by atoms with Crippen LogP contribution >= 0.6 is 27.3 Å². The maximum absolute atomic E-state index is 11.6. The topological polar surface area (TPSA) is 34.1 Å². The van der Waals surface area contributed by atoms with E-state index in [1.807, 2.05) is 5.38 Å². The van der Waals surface area contributed by atoms with E-state index in [-0.39, 0.29) is 6.61 Å². The monoisotopic (exact) mass is 286 g/mol. The molecule has 0 amide bonds. The van der Waals surface area contributed by atoms with Crippen LogP contribution in [0, 0.1) is 0 Å². The van der Waals surface area contributed by atoms with E-state index < -0.39 is 13.0 Å². The summed E-state index contributed by atoms with van der Waals surface area (Å²) in [6.07, 6.45) is -2.40. The zero-order chi connectivity index (χ0) is 10.4. The minimum absolute atomic E-state index is 0.252. The lowest BCUT2D eigenvalue weighted by Gasteiger charge is -2.03. The molecule has 0 atom stereocenters. The Morgan fingerprint density at radius 3 is 3.00 bits per heavy atom. The fourth-order valence-corrected chi connectivity index (χ4v) is 1.91. The lowest BCUT2D eigenvalue weighted by Crippen LogP contribution is -2.12. The van der Waals surface area contributed by atoms with E-state index in [0.29, 0.717) is 6.54 Å². The molecule has 3 nitrogen and oxygen atoms in total. The van der Waals surface area contributed by atoms with Gasteiger partial charge >= 0.3 is 0 Å². The number of thiazole rings is 1. The van der Waals surface area contributed by atoms with Gasteiger partial charge in [-0.25, -0.2) is 13.8 Å². The minimum Gasteiger partial charge on any atom is -0.374 e. The second-order valence-corrected chi connectivity index (χ2v) is 4.04. The zero-order valence-corrected chi connectivity index (χ0v) is 9.58. The summed E-state index contributed by atoms with van der Waals surface area (Å²) in [4.78, 5) is 4.06. The molecule has 1 heterocycles. The van der Waals surface area contributed by atoms with E-state index in [1.165, 1.54) is 11.3 Å². The van der Waals surface area contributed by atoms with Crippen LogP contribution in [0.15, 0.2) is 9.98 Å². The van der Waals surface area contributed by atoms with Crippen LogP contribution in [0.1, 0.15) is 0 Å². The quantitative estimate of drug-likeness (QED) is 0.817. The van der Waals surface area contributed by atoms with Crippen molar-refractivity contribution in [1.29, 1.82) is 0 Å². The normalized spacial score (nSPS) is 10.9. The third kappa shape index (κ3) is 4.83. The molecule has 1 aromatic heterocycles. The van der Waals surface area contributed by atoms with E-state index in [9.17, 15) is 8.78 Å². The molecule has 0 unspecified atom stereocenters. The number of hydrogen-bond donors (Lipinski definition) is 1. The van der Waals surface area contributed by atoms with Gasteiger partial charge in [0.2, 0.25) is 0 Å². The summed E-state index contributed by atoms with van der Waals surface area (Å²) in [6.45, 7) is 0.220. The van der Waals surface area contributed by atoms with Crippen LogP contribution in [0.25, 0.3) is 0 Å². The SMILES string of the molecule is FC(F)COCCNc1nc(Br)cs1. The second kappa shape index (κ2) is 6.26. The van der Waals surface area contributed by atoms with E-state index in [0.717, 1.165) is 9.73 Å². The van der Waals surface area contributed by atoms with Crippen molar-refractivity contribution in [2.75, 3.05) is 25.1 Å². The zero-order valence-electron chi connectivity index (χ0n) is 7.17. The van der Waals surface area contributed by atoms with Gasteiger partial charge in [0, 0.05) is 11.9 Å². The first-order valence-corrected chi connectivity index (χ1v) is 5.56. The first-order valence-electron chi connectivity index (χ1n) is 3.89. The summed E-state index contributed by atoms with van der Waals surface area (Å²) < 4.78 is 28.7. The molecular formula is C7H9BrF2N2OS. The molecule has 0 saturated carbocycles. The first kappa shape index (κ1) is 11.8. The number of nitrogens with zero attached hydrogens (tertiary/aromatic N) is 1. The van der Waals surface area contributed by atoms with Crippen LogP contribution < -0.4 is 5.32 Å². The molecule has 0 spiro atoms. The highest BCUT2D eigenvalue weighted by molar-refractivity contribution is 9.10. The Hall–Kier alpha value is -0.270. The molecule has 1 rings (SSSR count). The molecule has 0 aromatic carbocycles. The molecule has 0 aliphatic rings. The average Bonchev–Trinajstić information content (AvgIpc) is 2.50. The lowest BCUT2D eigenvalue weighted by molar-refractivity contribution is 0.0215. The standard InChI is InChI=1S/C7H9BrF2N2OS/c8-5-4-14-7(12-5)11-1-2-13-3-6(9)10/h4,6H,1-3H2,(H,11,12). The minimum atomic E-state index is -2.40. The molecule has 0 saturated heterocycles. The predicted molar refractivity (Wildman–Crippen MR) is 55.1 cm³/mol. The molecule has 0 radical (unpaired) electrons. The van der Waals surface area contributed by atoms with Crippen LogP contribution in [-0.4, -0.2) is 31.2 Å². The fourth-order valence-electron chi connectivity index (χ4n) is 0.738. The summed E-state index contributed by atoms with van der Waals surface area (Å²) >= 11 is 4.64. The van der Waals surface area contributed by atoms with Gasteiger partial charge in [0.1, 0.15) is 11.2 Å². The fraction of sp³-hybridized carbons (Fsp3) is 0.571. The van der Waals surface area contributed by atoms with Gasteiger partial charge in [-0.05, 0) is 15.9 Å². The predicted octanol–water partition coefficient (Wildman–Crippen LogP) is 2.60. The highest BCUT2D eigenvalue weighted by Gasteiger charge is 2.01.